The van der Waals surface area contributed by atoms with Crippen LogP contribution in [0.3, 0.4) is 0 Å². The number of nitrogens with one attached hydrogen (secondary N) is 2. The molecule has 8 heteroatoms. The van der Waals surface area contributed by atoms with E-state index in [4.69, 9.17) is 0 Å². The highest BCUT2D eigenvalue weighted by atomic mass is 32.2. The molecule has 0 unspecified atom stereocenters. The first kappa shape index (κ1) is 18.1. The van der Waals surface area contributed by atoms with Crippen molar-refractivity contribution in [1.82, 2.24) is 14.5 Å². The number of aromatic nitrogens is 2. The van der Waals surface area contributed by atoms with E-state index < -0.39 is 10.0 Å². The van der Waals surface area contributed by atoms with Gasteiger partial charge in [-0.2, -0.15) is 5.10 Å². The van der Waals surface area contributed by atoms with Crippen LogP contribution in [0.2, 0.25) is 0 Å². The molecule has 0 aliphatic rings. The molecule has 7 nitrogen and oxygen atoms in total. The molecule has 0 fully saturated rings. The third kappa shape index (κ3) is 3.21. The Labute approximate surface area is 152 Å². The van der Waals surface area contributed by atoms with Crippen LogP contribution in [0.15, 0.2) is 41.4 Å². The number of sulfonamides is 1. The van der Waals surface area contributed by atoms with Crippen molar-refractivity contribution in [3.8, 4) is 0 Å². The van der Waals surface area contributed by atoms with Gasteiger partial charge in [0.15, 0.2) is 0 Å². The van der Waals surface area contributed by atoms with Crippen molar-refractivity contribution >= 4 is 32.5 Å². The lowest BCUT2D eigenvalue weighted by Gasteiger charge is -2.15. The second-order valence-electron chi connectivity index (χ2n) is 6.35. The maximum Gasteiger partial charge on any atom is 0.256 e. The van der Waals surface area contributed by atoms with Crippen molar-refractivity contribution in [3.05, 3.63) is 53.2 Å². The predicted molar refractivity (Wildman–Crippen MR) is 101 cm³/mol. The Morgan fingerprint density at radius 3 is 2.54 bits per heavy atom. The number of nitrogens with zero attached hydrogens (tertiary/aromatic N) is 2. The van der Waals surface area contributed by atoms with Gasteiger partial charge in [0.1, 0.15) is 0 Å². The van der Waals surface area contributed by atoms with Crippen molar-refractivity contribution in [1.29, 1.82) is 0 Å². The summed E-state index contributed by atoms with van der Waals surface area (Å²) in [5.74, 6) is -0.309. The Kier molecular flexibility index (Phi) is 4.55. The summed E-state index contributed by atoms with van der Waals surface area (Å²) in [6, 6.07) is 8.46. The number of carbonyl (C=O) groups excluding carboxylic acids is 1. The lowest BCUT2D eigenvalue weighted by molar-refractivity contribution is 0.102. The quantitative estimate of drug-likeness (QED) is 0.736. The molecule has 0 aliphatic heterocycles. The SMILES string of the molecule is Cc1cc2cn[nH]c2cc1C(=O)Nc1ccc(C)c(S(=O)(=O)N(C)C)c1. The summed E-state index contributed by atoms with van der Waals surface area (Å²) >= 11 is 0. The lowest BCUT2D eigenvalue weighted by Crippen LogP contribution is -2.23. The van der Waals surface area contributed by atoms with Gasteiger partial charge in [0.25, 0.3) is 5.91 Å². The van der Waals surface area contributed by atoms with E-state index in [1.807, 2.05) is 13.0 Å². The molecule has 0 saturated carbocycles. The van der Waals surface area contributed by atoms with Gasteiger partial charge in [0.2, 0.25) is 10.0 Å². The first-order chi connectivity index (χ1) is 12.2. The minimum absolute atomic E-state index is 0.168. The summed E-state index contributed by atoms with van der Waals surface area (Å²) in [6.45, 7) is 3.57. The third-order valence-corrected chi connectivity index (χ3v) is 6.19. The molecule has 1 heterocycles. The highest BCUT2D eigenvalue weighted by molar-refractivity contribution is 7.89. The minimum Gasteiger partial charge on any atom is -0.322 e. The number of aryl methyl sites for hydroxylation is 2. The van der Waals surface area contributed by atoms with Crippen LogP contribution in [0.4, 0.5) is 5.69 Å². The molecule has 1 aromatic heterocycles. The molecule has 1 amide bonds. The molecule has 3 aromatic rings. The van der Waals surface area contributed by atoms with Crippen molar-refractivity contribution < 1.29 is 13.2 Å². The van der Waals surface area contributed by atoms with Crippen molar-refractivity contribution in [3.63, 3.8) is 0 Å². The summed E-state index contributed by atoms with van der Waals surface area (Å²) in [5.41, 5.74) is 3.11. The topological polar surface area (TPSA) is 95.2 Å². The van der Waals surface area contributed by atoms with E-state index in [1.54, 1.807) is 31.3 Å². The molecular weight excluding hydrogens is 352 g/mol. The number of fused-ring (bicyclic) bond motifs is 1. The summed E-state index contributed by atoms with van der Waals surface area (Å²) in [5, 5.41) is 10.5. The van der Waals surface area contributed by atoms with E-state index in [0.717, 1.165) is 20.8 Å². The fourth-order valence-electron chi connectivity index (χ4n) is 2.70. The number of aromatic amines is 1. The van der Waals surface area contributed by atoms with E-state index in [-0.39, 0.29) is 10.8 Å². The summed E-state index contributed by atoms with van der Waals surface area (Å²) in [4.78, 5) is 12.8. The van der Waals surface area contributed by atoms with Crippen LogP contribution in [-0.2, 0) is 10.0 Å². The van der Waals surface area contributed by atoms with Gasteiger partial charge in [0.05, 0.1) is 16.6 Å². The van der Waals surface area contributed by atoms with Crippen molar-refractivity contribution in [2.24, 2.45) is 0 Å². The average molecular weight is 372 g/mol. The number of anilines is 1. The normalized spacial score (nSPS) is 11.9. The van der Waals surface area contributed by atoms with E-state index in [0.29, 0.717) is 16.8 Å². The monoisotopic (exact) mass is 372 g/mol. The maximum atomic E-state index is 12.7. The molecule has 0 bridgehead atoms. The molecule has 2 aromatic carbocycles. The number of hydrogen-bond donors (Lipinski definition) is 2. The summed E-state index contributed by atoms with van der Waals surface area (Å²) in [7, 11) is -0.641. The molecule has 0 aliphatic carbocycles. The first-order valence-electron chi connectivity index (χ1n) is 7.98. The van der Waals surface area contributed by atoms with Gasteiger partial charge in [-0.05, 0) is 49.2 Å². The number of hydrogen-bond acceptors (Lipinski definition) is 4. The van der Waals surface area contributed by atoms with Crippen molar-refractivity contribution in [2.75, 3.05) is 19.4 Å². The number of rotatable bonds is 4. The standard InChI is InChI=1S/C18H20N4O3S/c1-11-5-6-14(8-17(11)26(24,25)22(3)4)20-18(23)15-9-16-13(7-12(15)2)10-19-21-16/h5-10H,1-4H3,(H,19,21)(H,20,23). The zero-order valence-corrected chi connectivity index (χ0v) is 15.8. The number of H-pyrrole nitrogens is 1. The van der Waals surface area contributed by atoms with E-state index in [9.17, 15) is 13.2 Å². The smallest absolute Gasteiger partial charge is 0.256 e. The Bertz CT molecular complexity index is 1100. The molecule has 0 spiro atoms. The van der Waals surface area contributed by atoms with Crippen LogP contribution in [0.25, 0.3) is 10.9 Å². The number of amides is 1. The van der Waals surface area contributed by atoms with Crippen LogP contribution in [0.5, 0.6) is 0 Å². The fourth-order valence-corrected chi connectivity index (χ4v) is 3.84. The van der Waals surface area contributed by atoms with Gasteiger partial charge >= 0.3 is 0 Å². The minimum atomic E-state index is -3.59. The molecule has 0 atom stereocenters. The molecular formula is C18H20N4O3S. The van der Waals surface area contributed by atoms with Gasteiger partial charge in [-0.1, -0.05) is 6.07 Å². The second kappa shape index (κ2) is 6.54. The number of carbonyl (C=O) groups is 1. The zero-order chi connectivity index (χ0) is 19.1. The summed E-state index contributed by atoms with van der Waals surface area (Å²) in [6.07, 6.45) is 1.70. The zero-order valence-electron chi connectivity index (χ0n) is 15.0. The van der Waals surface area contributed by atoms with Gasteiger partial charge < -0.3 is 5.32 Å². The van der Waals surface area contributed by atoms with Gasteiger partial charge in [-0.25, -0.2) is 12.7 Å². The van der Waals surface area contributed by atoms with Crippen LogP contribution in [0, 0.1) is 13.8 Å². The van der Waals surface area contributed by atoms with E-state index >= 15 is 0 Å². The molecule has 136 valence electrons. The maximum absolute atomic E-state index is 12.7. The Morgan fingerprint density at radius 2 is 1.85 bits per heavy atom. The van der Waals surface area contributed by atoms with E-state index in [1.165, 1.54) is 20.2 Å². The van der Waals surface area contributed by atoms with Crippen LogP contribution in [-0.4, -0.2) is 42.9 Å². The highest BCUT2D eigenvalue weighted by Gasteiger charge is 2.21. The molecule has 26 heavy (non-hydrogen) atoms. The van der Waals surface area contributed by atoms with Crippen LogP contribution in [0.1, 0.15) is 21.5 Å². The lowest BCUT2D eigenvalue weighted by atomic mass is 10.1. The first-order valence-corrected chi connectivity index (χ1v) is 9.42. The van der Waals surface area contributed by atoms with Crippen LogP contribution >= 0.6 is 0 Å². The molecule has 0 saturated heterocycles. The Hall–Kier alpha value is -2.71. The highest BCUT2D eigenvalue weighted by Crippen LogP contribution is 2.24. The second-order valence-corrected chi connectivity index (χ2v) is 8.47. The van der Waals surface area contributed by atoms with Gasteiger partial charge in [-0.3, -0.25) is 9.89 Å². The molecule has 3 rings (SSSR count). The van der Waals surface area contributed by atoms with Gasteiger partial charge in [-0.15, -0.1) is 0 Å². The number of benzene rings is 2. The summed E-state index contributed by atoms with van der Waals surface area (Å²) < 4.78 is 26.0. The Balaban J connectivity index is 1.95. The fraction of sp³-hybridized carbons (Fsp3) is 0.222. The Morgan fingerprint density at radius 1 is 1.12 bits per heavy atom. The average Bonchev–Trinajstić information content (AvgIpc) is 3.02. The third-order valence-electron chi connectivity index (χ3n) is 4.23. The molecule has 2 N–H and O–H groups in total. The van der Waals surface area contributed by atoms with Gasteiger partial charge in [0, 0.05) is 30.7 Å². The largest absolute Gasteiger partial charge is 0.322 e. The predicted octanol–water partition coefficient (Wildman–Crippen LogP) is 2.68. The van der Waals surface area contributed by atoms with Crippen molar-refractivity contribution in [2.45, 2.75) is 18.7 Å². The van der Waals surface area contributed by atoms with E-state index in [2.05, 4.69) is 15.5 Å². The molecule has 0 radical (unpaired) electrons. The van der Waals surface area contributed by atoms with Crippen LogP contribution < -0.4 is 5.32 Å².